The van der Waals surface area contributed by atoms with Gasteiger partial charge in [0.05, 0.1) is 5.41 Å². The number of carbonyl (C=O) groups is 1. The van der Waals surface area contributed by atoms with Crippen LogP contribution in [-0.4, -0.2) is 11.1 Å². The summed E-state index contributed by atoms with van der Waals surface area (Å²) in [6.07, 6.45) is 11.5. The largest absolute Gasteiger partial charge is 0.481 e. The Labute approximate surface area is 105 Å². The molecule has 0 heterocycles. The Bertz CT molecular complexity index is 268. The van der Waals surface area contributed by atoms with Gasteiger partial charge in [0.25, 0.3) is 0 Å². The Morgan fingerprint density at radius 2 is 1.88 bits per heavy atom. The van der Waals surface area contributed by atoms with Crippen LogP contribution in [0.5, 0.6) is 0 Å². The first-order chi connectivity index (χ1) is 8.19. The topological polar surface area (TPSA) is 37.3 Å². The molecule has 2 atom stereocenters. The number of aliphatic carboxylic acids is 1. The second-order valence-corrected chi connectivity index (χ2v) is 6.17. The van der Waals surface area contributed by atoms with Gasteiger partial charge in [-0.25, -0.2) is 0 Å². The molecular formula is C15H26O2. The summed E-state index contributed by atoms with van der Waals surface area (Å²) in [5, 5.41) is 9.75. The number of carboxylic acids is 1. The third kappa shape index (κ3) is 2.51. The van der Waals surface area contributed by atoms with E-state index < -0.39 is 5.97 Å². The average molecular weight is 238 g/mol. The highest BCUT2D eigenvalue weighted by Crippen LogP contribution is 2.50. The van der Waals surface area contributed by atoms with Gasteiger partial charge >= 0.3 is 5.97 Å². The summed E-state index contributed by atoms with van der Waals surface area (Å²) >= 11 is 0. The minimum absolute atomic E-state index is 0.362. The van der Waals surface area contributed by atoms with E-state index in [9.17, 15) is 9.90 Å². The maximum Gasteiger partial charge on any atom is 0.309 e. The molecule has 2 fully saturated rings. The molecule has 0 saturated heterocycles. The van der Waals surface area contributed by atoms with Crippen LogP contribution in [0.3, 0.4) is 0 Å². The SMILES string of the molecule is CCC1CCCC(C(=O)O)(C2CCCCC2)C1. The van der Waals surface area contributed by atoms with Gasteiger partial charge in [-0.15, -0.1) is 0 Å². The van der Waals surface area contributed by atoms with Crippen molar-refractivity contribution in [3.63, 3.8) is 0 Å². The van der Waals surface area contributed by atoms with E-state index >= 15 is 0 Å². The van der Waals surface area contributed by atoms with Gasteiger partial charge in [0.1, 0.15) is 0 Å². The number of hydrogen-bond donors (Lipinski definition) is 1. The Morgan fingerprint density at radius 3 is 2.47 bits per heavy atom. The van der Waals surface area contributed by atoms with Crippen molar-refractivity contribution in [2.75, 3.05) is 0 Å². The molecule has 2 nitrogen and oxygen atoms in total. The van der Waals surface area contributed by atoms with Crippen LogP contribution >= 0.6 is 0 Å². The van der Waals surface area contributed by atoms with Gasteiger partial charge in [-0.05, 0) is 37.5 Å². The first-order valence-corrected chi connectivity index (χ1v) is 7.42. The van der Waals surface area contributed by atoms with E-state index in [1.165, 1.54) is 25.7 Å². The predicted molar refractivity (Wildman–Crippen MR) is 68.9 cm³/mol. The quantitative estimate of drug-likeness (QED) is 0.798. The summed E-state index contributed by atoms with van der Waals surface area (Å²) in [5.74, 6) is 0.618. The monoisotopic (exact) mass is 238 g/mol. The molecule has 2 aliphatic carbocycles. The highest BCUT2D eigenvalue weighted by Gasteiger charge is 2.48. The summed E-state index contributed by atoms with van der Waals surface area (Å²) in [6.45, 7) is 2.21. The average Bonchev–Trinajstić information content (AvgIpc) is 2.39. The van der Waals surface area contributed by atoms with Crippen molar-refractivity contribution in [1.29, 1.82) is 0 Å². The fraction of sp³-hybridized carbons (Fsp3) is 0.933. The number of rotatable bonds is 3. The molecule has 2 unspecified atom stereocenters. The Balaban J connectivity index is 2.15. The molecule has 2 aliphatic rings. The maximum atomic E-state index is 11.8. The molecule has 0 aromatic carbocycles. The van der Waals surface area contributed by atoms with Crippen LogP contribution in [0.4, 0.5) is 0 Å². The Morgan fingerprint density at radius 1 is 1.18 bits per heavy atom. The molecule has 2 rings (SSSR count). The molecule has 0 spiro atoms. The van der Waals surface area contributed by atoms with Crippen molar-refractivity contribution in [2.24, 2.45) is 17.3 Å². The van der Waals surface area contributed by atoms with Crippen molar-refractivity contribution in [3.05, 3.63) is 0 Å². The zero-order chi connectivity index (χ0) is 12.3. The normalized spacial score (nSPS) is 35.7. The van der Waals surface area contributed by atoms with E-state index in [1.807, 2.05) is 0 Å². The predicted octanol–water partition coefficient (Wildman–Crippen LogP) is 4.24. The van der Waals surface area contributed by atoms with Gasteiger partial charge < -0.3 is 5.11 Å². The minimum Gasteiger partial charge on any atom is -0.481 e. The number of hydrogen-bond acceptors (Lipinski definition) is 1. The van der Waals surface area contributed by atoms with Crippen LogP contribution in [0.2, 0.25) is 0 Å². The molecule has 0 amide bonds. The molecule has 2 heteroatoms. The first kappa shape index (κ1) is 12.9. The summed E-state index contributed by atoms with van der Waals surface area (Å²) in [7, 11) is 0. The fourth-order valence-electron chi connectivity index (χ4n) is 4.17. The molecule has 0 aromatic rings. The summed E-state index contributed by atoms with van der Waals surface area (Å²) in [5.41, 5.74) is -0.362. The van der Waals surface area contributed by atoms with Gasteiger partial charge in [-0.2, -0.15) is 0 Å². The van der Waals surface area contributed by atoms with E-state index in [1.54, 1.807) is 0 Å². The summed E-state index contributed by atoms with van der Waals surface area (Å²) in [4.78, 5) is 11.8. The third-order valence-electron chi connectivity index (χ3n) is 5.28. The molecular weight excluding hydrogens is 212 g/mol. The molecule has 17 heavy (non-hydrogen) atoms. The number of carboxylic acid groups (broad SMARTS) is 1. The van der Waals surface area contributed by atoms with Crippen LogP contribution in [-0.2, 0) is 4.79 Å². The van der Waals surface area contributed by atoms with Crippen molar-refractivity contribution >= 4 is 5.97 Å². The lowest BCUT2D eigenvalue weighted by molar-refractivity contribution is -0.158. The van der Waals surface area contributed by atoms with E-state index in [-0.39, 0.29) is 5.41 Å². The lowest BCUT2D eigenvalue weighted by Crippen LogP contribution is -2.43. The Hall–Kier alpha value is -0.530. The summed E-state index contributed by atoms with van der Waals surface area (Å²) in [6, 6.07) is 0. The molecule has 0 aromatic heterocycles. The molecule has 0 bridgehead atoms. The molecule has 98 valence electrons. The van der Waals surface area contributed by atoms with Gasteiger partial charge in [-0.3, -0.25) is 4.79 Å². The van der Waals surface area contributed by atoms with E-state index in [0.29, 0.717) is 11.8 Å². The molecule has 0 radical (unpaired) electrons. The van der Waals surface area contributed by atoms with Crippen LogP contribution in [0.1, 0.15) is 71.1 Å². The van der Waals surface area contributed by atoms with Crippen LogP contribution in [0.25, 0.3) is 0 Å². The lowest BCUT2D eigenvalue weighted by atomic mass is 9.59. The zero-order valence-corrected chi connectivity index (χ0v) is 11.1. The van der Waals surface area contributed by atoms with E-state index in [4.69, 9.17) is 0 Å². The smallest absolute Gasteiger partial charge is 0.309 e. The van der Waals surface area contributed by atoms with Crippen LogP contribution in [0.15, 0.2) is 0 Å². The van der Waals surface area contributed by atoms with Crippen molar-refractivity contribution < 1.29 is 9.90 Å². The first-order valence-electron chi connectivity index (χ1n) is 7.42. The van der Waals surface area contributed by atoms with Crippen molar-refractivity contribution in [3.8, 4) is 0 Å². The molecule has 0 aliphatic heterocycles. The van der Waals surface area contributed by atoms with Crippen molar-refractivity contribution in [1.82, 2.24) is 0 Å². The molecule has 1 N–H and O–H groups in total. The van der Waals surface area contributed by atoms with Crippen LogP contribution in [0, 0.1) is 17.3 Å². The Kier molecular flexibility index (Phi) is 4.11. The minimum atomic E-state index is -0.498. The fourth-order valence-corrected chi connectivity index (χ4v) is 4.17. The third-order valence-corrected chi connectivity index (χ3v) is 5.28. The maximum absolute atomic E-state index is 11.8. The zero-order valence-electron chi connectivity index (χ0n) is 11.1. The second kappa shape index (κ2) is 5.41. The van der Waals surface area contributed by atoms with Gasteiger partial charge in [0, 0.05) is 0 Å². The van der Waals surface area contributed by atoms with Gasteiger partial charge in [0.2, 0.25) is 0 Å². The standard InChI is InChI=1S/C15H26O2/c1-2-12-7-6-10-15(11-12,14(16)17)13-8-4-3-5-9-13/h12-13H,2-11H2,1H3,(H,16,17). The lowest BCUT2D eigenvalue weighted by Gasteiger charge is -2.44. The van der Waals surface area contributed by atoms with Gasteiger partial charge in [-0.1, -0.05) is 45.4 Å². The van der Waals surface area contributed by atoms with Crippen molar-refractivity contribution in [2.45, 2.75) is 71.1 Å². The van der Waals surface area contributed by atoms with E-state index in [2.05, 4.69) is 6.92 Å². The van der Waals surface area contributed by atoms with E-state index in [0.717, 1.165) is 38.5 Å². The highest BCUT2D eigenvalue weighted by atomic mass is 16.4. The summed E-state index contributed by atoms with van der Waals surface area (Å²) < 4.78 is 0. The van der Waals surface area contributed by atoms with Crippen LogP contribution < -0.4 is 0 Å². The highest BCUT2D eigenvalue weighted by molar-refractivity contribution is 5.75. The molecule has 2 saturated carbocycles. The van der Waals surface area contributed by atoms with Gasteiger partial charge in [0.15, 0.2) is 0 Å². The second-order valence-electron chi connectivity index (χ2n) is 6.17.